The van der Waals surface area contributed by atoms with Crippen LogP contribution in [0.4, 0.5) is 5.82 Å². The second kappa shape index (κ2) is 6.26. The summed E-state index contributed by atoms with van der Waals surface area (Å²) in [7, 11) is -3.72. The van der Waals surface area contributed by atoms with Crippen molar-refractivity contribution in [3.05, 3.63) is 29.8 Å². The lowest BCUT2D eigenvalue weighted by Gasteiger charge is -2.04. The second-order valence-corrected chi connectivity index (χ2v) is 6.89. The largest absolute Gasteiger partial charge is 0.381 e. The number of anilines is 1. The Morgan fingerprint density at radius 1 is 1.19 bits per heavy atom. The summed E-state index contributed by atoms with van der Waals surface area (Å²) >= 11 is 0. The highest BCUT2D eigenvalue weighted by Crippen LogP contribution is 2.24. The van der Waals surface area contributed by atoms with Crippen molar-refractivity contribution < 1.29 is 8.42 Å². The molecular weight excluding hydrogens is 288 g/mol. The molecule has 0 radical (unpaired) electrons. The highest BCUT2D eigenvalue weighted by atomic mass is 32.2. The van der Waals surface area contributed by atoms with Gasteiger partial charge in [0.15, 0.2) is 5.82 Å². The highest BCUT2D eigenvalue weighted by Gasteiger charge is 2.25. The van der Waals surface area contributed by atoms with Crippen molar-refractivity contribution in [2.75, 3.05) is 5.73 Å². The minimum absolute atomic E-state index is 0.103. The molecular formula is C14H20N4O2S. The molecule has 0 atom stereocenters. The van der Waals surface area contributed by atoms with Gasteiger partial charge in [0.2, 0.25) is 14.9 Å². The first-order valence-electron chi connectivity index (χ1n) is 6.97. The van der Waals surface area contributed by atoms with E-state index in [4.69, 9.17) is 5.73 Å². The smallest absolute Gasteiger partial charge is 0.229 e. The predicted molar refractivity (Wildman–Crippen MR) is 80.6 cm³/mol. The average Bonchev–Trinajstić information content (AvgIpc) is 2.82. The molecule has 0 saturated heterocycles. The van der Waals surface area contributed by atoms with E-state index in [1.807, 2.05) is 6.92 Å². The molecule has 0 aliphatic heterocycles. The quantitative estimate of drug-likeness (QED) is 0.826. The van der Waals surface area contributed by atoms with E-state index >= 15 is 0 Å². The molecule has 0 aliphatic carbocycles. The van der Waals surface area contributed by atoms with Crippen molar-refractivity contribution in [2.45, 2.75) is 49.6 Å². The molecule has 0 aliphatic rings. The molecule has 1 heterocycles. The zero-order valence-electron chi connectivity index (χ0n) is 12.3. The standard InChI is InChI=1S/C14H20N4O2S/c1-3-4-5-10-18-13(15)14(16-17-18)21(19,20)12-8-6-11(2)7-9-12/h6-9H,3-5,10,15H2,1-2H3. The molecule has 2 rings (SSSR count). The SMILES string of the molecule is CCCCCn1nnc(S(=O)(=O)c2ccc(C)cc2)c1N. The van der Waals surface area contributed by atoms with E-state index in [-0.39, 0.29) is 15.7 Å². The molecule has 0 bridgehead atoms. The van der Waals surface area contributed by atoms with Crippen molar-refractivity contribution in [1.82, 2.24) is 15.0 Å². The average molecular weight is 308 g/mol. The lowest BCUT2D eigenvalue weighted by atomic mass is 10.2. The van der Waals surface area contributed by atoms with Crippen LogP contribution in [0.15, 0.2) is 34.2 Å². The summed E-state index contributed by atoms with van der Waals surface area (Å²) in [6, 6.07) is 6.60. The topological polar surface area (TPSA) is 90.9 Å². The zero-order valence-corrected chi connectivity index (χ0v) is 13.1. The molecule has 21 heavy (non-hydrogen) atoms. The molecule has 0 saturated carbocycles. The van der Waals surface area contributed by atoms with Gasteiger partial charge in [-0.3, -0.25) is 0 Å². The first-order chi connectivity index (χ1) is 9.96. The maximum Gasteiger partial charge on any atom is 0.229 e. The normalized spacial score (nSPS) is 11.7. The molecule has 7 heteroatoms. The molecule has 1 aromatic carbocycles. The fourth-order valence-corrected chi connectivity index (χ4v) is 3.24. The maximum absolute atomic E-state index is 12.5. The fourth-order valence-electron chi connectivity index (χ4n) is 2.00. The number of rotatable bonds is 6. The number of nitrogen functional groups attached to an aromatic ring is 1. The van der Waals surface area contributed by atoms with Crippen molar-refractivity contribution in [2.24, 2.45) is 0 Å². The molecule has 0 unspecified atom stereocenters. The number of aryl methyl sites for hydroxylation is 2. The lowest BCUT2D eigenvalue weighted by molar-refractivity contribution is 0.543. The molecule has 114 valence electrons. The number of benzene rings is 1. The van der Waals surface area contributed by atoms with E-state index in [0.717, 1.165) is 24.8 Å². The van der Waals surface area contributed by atoms with Crippen LogP contribution in [0.1, 0.15) is 31.7 Å². The molecule has 6 nitrogen and oxygen atoms in total. The van der Waals surface area contributed by atoms with Gasteiger partial charge in [0, 0.05) is 6.54 Å². The Bertz CT molecular complexity index is 705. The van der Waals surface area contributed by atoms with Gasteiger partial charge in [-0.1, -0.05) is 42.7 Å². The van der Waals surface area contributed by atoms with Crippen molar-refractivity contribution in [3.8, 4) is 0 Å². The van der Waals surface area contributed by atoms with E-state index in [0.29, 0.717) is 6.54 Å². The van der Waals surface area contributed by atoms with Gasteiger partial charge in [0.1, 0.15) is 0 Å². The Morgan fingerprint density at radius 2 is 1.86 bits per heavy atom. The second-order valence-electron chi connectivity index (χ2n) is 5.03. The van der Waals surface area contributed by atoms with Crippen LogP contribution in [0.2, 0.25) is 0 Å². The van der Waals surface area contributed by atoms with Gasteiger partial charge in [0.25, 0.3) is 0 Å². The van der Waals surface area contributed by atoms with Crippen LogP contribution >= 0.6 is 0 Å². The lowest BCUT2D eigenvalue weighted by Crippen LogP contribution is -2.09. The number of unbranched alkanes of at least 4 members (excludes halogenated alkanes) is 2. The molecule has 2 N–H and O–H groups in total. The first-order valence-corrected chi connectivity index (χ1v) is 8.46. The number of nitrogens with two attached hydrogens (primary N) is 1. The maximum atomic E-state index is 12.5. The van der Waals surface area contributed by atoms with E-state index in [2.05, 4.69) is 17.2 Å². The minimum atomic E-state index is -3.72. The van der Waals surface area contributed by atoms with Gasteiger partial charge in [0.05, 0.1) is 4.90 Å². The third-order valence-corrected chi connectivity index (χ3v) is 4.99. The van der Waals surface area contributed by atoms with Gasteiger partial charge in [-0.15, -0.1) is 5.10 Å². The van der Waals surface area contributed by atoms with Gasteiger partial charge >= 0.3 is 0 Å². The van der Waals surface area contributed by atoms with E-state index < -0.39 is 9.84 Å². The van der Waals surface area contributed by atoms with Gasteiger partial charge in [-0.05, 0) is 25.5 Å². The number of hydrogen-bond donors (Lipinski definition) is 1. The zero-order chi connectivity index (χ0) is 15.5. The summed E-state index contributed by atoms with van der Waals surface area (Å²) < 4.78 is 26.5. The summed E-state index contributed by atoms with van der Waals surface area (Å²) in [5, 5.41) is 7.46. The summed E-state index contributed by atoms with van der Waals surface area (Å²) in [5.41, 5.74) is 6.89. The first kappa shape index (κ1) is 15.5. The van der Waals surface area contributed by atoms with Gasteiger partial charge in [-0.2, -0.15) is 0 Å². The van der Waals surface area contributed by atoms with Crippen LogP contribution < -0.4 is 5.73 Å². The predicted octanol–water partition coefficient (Wildman–Crippen LogP) is 2.19. The van der Waals surface area contributed by atoms with Crippen molar-refractivity contribution in [3.63, 3.8) is 0 Å². The Kier molecular flexibility index (Phi) is 4.62. The van der Waals surface area contributed by atoms with E-state index in [9.17, 15) is 8.42 Å². The Labute approximate surface area is 124 Å². The summed E-state index contributed by atoms with van der Waals surface area (Å²) in [6.45, 7) is 4.57. The van der Waals surface area contributed by atoms with Crippen LogP contribution in [0.5, 0.6) is 0 Å². The van der Waals surface area contributed by atoms with Crippen LogP contribution in [-0.2, 0) is 16.4 Å². The number of nitrogens with zero attached hydrogens (tertiary/aromatic N) is 3. The summed E-state index contributed by atoms with van der Waals surface area (Å²) in [6.07, 6.45) is 3.01. The van der Waals surface area contributed by atoms with Crippen LogP contribution in [0.25, 0.3) is 0 Å². The van der Waals surface area contributed by atoms with E-state index in [1.54, 1.807) is 24.3 Å². The Morgan fingerprint density at radius 3 is 2.48 bits per heavy atom. The molecule has 0 spiro atoms. The number of hydrogen-bond acceptors (Lipinski definition) is 5. The fraction of sp³-hybridized carbons (Fsp3) is 0.429. The number of aromatic nitrogens is 3. The monoisotopic (exact) mass is 308 g/mol. The van der Waals surface area contributed by atoms with Crippen LogP contribution in [0.3, 0.4) is 0 Å². The van der Waals surface area contributed by atoms with Crippen LogP contribution in [-0.4, -0.2) is 23.4 Å². The molecule has 1 aromatic heterocycles. The highest BCUT2D eigenvalue weighted by molar-refractivity contribution is 7.91. The molecule has 0 fully saturated rings. The number of sulfone groups is 1. The third kappa shape index (κ3) is 3.24. The Balaban J connectivity index is 2.31. The third-order valence-electron chi connectivity index (χ3n) is 3.30. The summed E-state index contributed by atoms with van der Waals surface area (Å²) in [4.78, 5) is 0.181. The minimum Gasteiger partial charge on any atom is -0.381 e. The van der Waals surface area contributed by atoms with E-state index in [1.165, 1.54) is 4.68 Å². The molecule has 0 amide bonds. The van der Waals surface area contributed by atoms with Crippen molar-refractivity contribution in [1.29, 1.82) is 0 Å². The molecule has 2 aromatic rings. The van der Waals surface area contributed by atoms with Crippen molar-refractivity contribution >= 4 is 15.7 Å². The van der Waals surface area contributed by atoms with Crippen LogP contribution in [0, 0.1) is 6.92 Å². The summed E-state index contributed by atoms with van der Waals surface area (Å²) in [5.74, 6) is 0.103. The Hall–Kier alpha value is -1.89. The van der Waals surface area contributed by atoms with Gasteiger partial charge < -0.3 is 5.73 Å². The van der Waals surface area contributed by atoms with Gasteiger partial charge in [-0.25, -0.2) is 13.1 Å².